The zero-order chi connectivity index (χ0) is 23.8. The van der Waals surface area contributed by atoms with Crippen LogP contribution in [0.2, 0.25) is 0 Å². The number of nitrogens with zero attached hydrogens (tertiary/aromatic N) is 2. The van der Waals surface area contributed by atoms with E-state index < -0.39 is 0 Å². The van der Waals surface area contributed by atoms with Gasteiger partial charge in [-0.15, -0.1) is 0 Å². The summed E-state index contributed by atoms with van der Waals surface area (Å²) in [4.78, 5) is 12.4. The quantitative estimate of drug-likeness (QED) is 0.432. The van der Waals surface area contributed by atoms with Gasteiger partial charge in [-0.2, -0.15) is 5.26 Å². The van der Waals surface area contributed by atoms with Crippen LogP contribution in [0.3, 0.4) is 0 Å². The molecule has 3 aromatic rings. The van der Waals surface area contributed by atoms with Gasteiger partial charge in [-0.05, 0) is 69.5 Å². The Labute approximate surface area is 197 Å². The average molecular weight is 444 g/mol. The van der Waals surface area contributed by atoms with Gasteiger partial charge in [0.25, 0.3) is 0 Å². The van der Waals surface area contributed by atoms with Gasteiger partial charge in [0.15, 0.2) is 0 Å². The Morgan fingerprint density at radius 2 is 1.85 bits per heavy atom. The molecule has 0 saturated heterocycles. The first kappa shape index (κ1) is 24.3. The average Bonchev–Trinajstić information content (AvgIpc) is 3.19. The number of nitrogens with one attached hydrogen (secondary N) is 1. The summed E-state index contributed by atoms with van der Waals surface area (Å²) in [5, 5.41) is 11.9. The van der Waals surface area contributed by atoms with Crippen molar-refractivity contribution in [2.75, 3.05) is 13.2 Å². The highest BCUT2D eigenvalue weighted by Crippen LogP contribution is 2.30. The van der Waals surface area contributed by atoms with E-state index in [1.165, 1.54) is 16.7 Å². The van der Waals surface area contributed by atoms with Crippen LogP contribution in [-0.2, 0) is 22.4 Å². The molecule has 1 amide bonds. The fourth-order valence-electron chi connectivity index (χ4n) is 3.96. The topological polar surface area (TPSA) is 67.0 Å². The number of rotatable bonds is 10. The summed E-state index contributed by atoms with van der Waals surface area (Å²) >= 11 is 0. The van der Waals surface area contributed by atoms with Gasteiger partial charge in [-0.25, -0.2) is 0 Å². The highest BCUT2D eigenvalue weighted by Gasteiger charge is 2.15. The third-order valence-corrected chi connectivity index (χ3v) is 5.58. The maximum Gasteiger partial charge on any atom is 0.220 e. The zero-order valence-corrected chi connectivity index (χ0v) is 20.0. The van der Waals surface area contributed by atoms with Crippen molar-refractivity contribution in [1.82, 2.24) is 9.88 Å². The molecule has 0 radical (unpaired) electrons. The Morgan fingerprint density at radius 1 is 1.09 bits per heavy atom. The molecular weight excluding hydrogens is 410 g/mol. The molecule has 5 nitrogen and oxygen atoms in total. The van der Waals surface area contributed by atoms with Gasteiger partial charge in [-0.1, -0.05) is 35.9 Å². The first-order chi connectivity index (χ1) is 15.9. The first-order valence-corrected chi connectivity index (χ1v) is 11.5. The lowest BCUT2D eigenvalue weighted by Gasteiger charge is -2.16. The molecule has 1 aromatic heterocycles. The molecule has 5 heteroatoms. The highest BCUT2D eigenvalue weighted by atomic mass is 16.5. The number of carbonyl (C=O) groups is 1. The lowest BCUT2D eigenvalue weighted by atomic mass is 10.0. The summed E-state index contributed by atoms with van der Waals surface area (Å²) in [7, 11) is 0. The highest BCUT2D eigenvalue weighted by molar-refractivity contribution is 5.76. The van der Waals surface area contributed by atoms with Crippen molar-refractivity contribution >= 4 is 5.91 Å². The minimum absolute atomic E-state index is 0.0209. The summed E-state index contributed by atoms with van der Waals surface area (Å²) in [6.07, 6.45) is 1.59. The van der Waals surface area contributed by atoms with Crippen LogP contribution in [-0.4, -0.2) is 29.7 Å². The van der Waals surface area contributed by atoms with Crippen molar-refractivity contribution in [1.29, 1.82) is 5.26 Å². The zero-order valence-electron chi connectivity index (χ0n) is 20.0. The lowest BCUT2D eigenvalue weighted by Crippen LogP contribution is -2.28. The van der Waals surface area contributed by atoms with Crippen molar-refractivity contribution in [2.24, 2.45) is 0 Å². The number of aromatic nitrogens is 1. The molecule has 3 rings (SSSR count). The number of aryl methyl sites for hydroxylation is 3. The molecule has 1 heterocycles. The molecule has 0 atom stereocenters. The number of hydrogen-bond donors (Lipinski definition) is 1. The maximum absolute atomic E-state index is 12.4. The van der Waals surface area contributed by atoms with Crippen molar-refractivity contribution < 1.29 is 9.53 Å². The normalized spacial score (nSPS) is 10.9. The molecule has 0 aliphatic rings. The van der Waals surface area contributed by atoms with Gasteiger partial charge in [0.05, 0.1) is 30.9 Å². The molecule has 0 saturated carbocycles. The second-order valence-electron chi connectivity index (χ2n) is 8.63. The van der Waals surface area contributed by atoms with Crippen LogP contribution in [0.25, 0.3) is 16.9 Å². The number of nitriles is 1. The van der Waals surface area contributed by atoms with Crippen LogP contribution in [0.1, 0.15) is 42.7 Å². The predicted molar refractivity (Wildman–Crippen MR) is 132 cm³/mol. The third-order valence-electron chi connectivity index (χ3n) is 5.58. The maximum atomic E-state index is 12.4. The molecule has 33 heavy (non-hydrogen) atoms. The van der Waals surface area contributed by atoms with E-state index in [0.717, 1.165) is 22.6 Å². The van der Waals surface area contributed by atoms with E-state index in [2.05, 4.69) is 60.1 Å². The van der Waals surface area contributed by atoms with Crippen LogP contribution >= 0.6 is 0 Å². The Hall–Kier alpha value is -3.36. The fraction of sp³-hybridized carbons (Fsp3) is 0.357. The third kappa shape index (κ3) is 6.57. The van der Waals surface area contributed by atoms with Crippen molar-refractivity contribution in [3.8, 4) is 23.0 Å². The van der Waals surface area contributed by atoms with Gasteiger partial charge in [0.2, 0.25) is 5.91 Å². The number of carbonyl (C=O) groups excluding carboxylic acids is 1. The Bertz CT molecular complexity index is 1120. The smallest absolute Gasteiger partial charge is 0.220 e. The number of benzene rings is 2. The monoisotopic (exact) mass is 443 g/mol. The summed E-state index contributed by atoms with van der Waals surface area (Å²) in [6, 6.07) is 21.0. The molecular formula is C28H33N3O2. The van der Waals surface area contributed by atoms with Crippen LogP contribution < -0.4 is 5.32 Å². The number of hydrogen-bond acceptors (Lipinski definition) is 3. The molecule has 0 aliphatic carbocycles. The SMILES string of the molecule is Cc1ccc(-c2ccc(CCC(=O)NCCOC(C)C)n2-c2ccc(CC#N)cc2)c(C)c1. The van der Waals surface area contributed by atoms with Crippen LogP contribution in [0.15, 0.2) is 54.6 Å². The number of ether oxygens (including phenoxy) is 1. The van der Waals surface area contributed by atoms with E-state index in [-0.39, 0.29) is 12.0 Å². The van der Waals surface area contributed by atoms with E-state index >= 15 is 0 Å². The summed E-state index contributed by atoms with van der Waals surface area (Å²) in [6.45, 7) is 9.23. The van der Waals surface area contributed by atoms with Crippen molar-refractivity contribution in [3.63, 3.8) is 0 Å². The standard InChI is InChI=1S/C28H33N3O2/c1-20(2)33-18-17-30-28(32)14-11-25-10-13-27(26-12-5-21(3)19-22(26)4)31(25)24-8-6-23(7-9-24)15-16-29/h5-10,12-13,19-20H,11,14-15,17-18H2,1-4H3,(H,30,32). The molecule has 0 unspecified atom stereocenters. The molecule has 2 aromatic carbocycles. The predicted octanol–water partition coefficient (Wildman–Crippen LogP) is 5.30. The van der Waals surface area contributed by atoms with Crippen molar-refractivity contribution in [2.45, 2.75) is 53.1 Å². The van der Waals surface area contributed by atoms with Crippen molar-refractivity contribution in [3.05, 3.63) is 77.0 Å². The minimum atomic E-state index is 0.0209. The summed E-state index contributed by atoms with van der Waals surface area (Å²) < 4.78 is 7.72. The molecule has 172 valence electrons. The minimum Gasteiger partial charge on any atom is -0.377 e. The first-order valence-electron chi connectivity index (χ1n) is 11.5. The molecule has 0 fully saturated rings. The molecule has 0 spiro atoms. The molecule has 1 N–H and O–H groups in total. The van der Waals surface area contributed by atoms with E-state index in [1.54, 1.807) is 0 Å². The Morgan fingerprint density at radius 3 is 2.52 bits per heavy atom. The van der Waals surface area contributed by atoms with E-state index in [4.69, 9.17) is 10.00 Å². The molecule has 0 bridgehead atoms. The van der Waals surface area contributed by atoms with Gasteiger partial charge >= 0.3 is 0 Å². The van der Waals surface area contributed by atoms with Gasteiger partial charge in [-0.3, -0.25) is 4.79 Å². The fourth-order valence-corrected chi connectivity index (χ4v) is 3.96. The van der Waals surface area contributed by atoms with Crippen LogP contribution in [0.4, 0.5) is 0 Å². The van der Waals surface area contributed by atoms with Gasteiger partial charge in [0, 0.05) is 29.9 Å². The van der Waals surface area contributed by atoms with Crippen LogP contribution in [0, 0.1) is 25.2 Å². The van der Waals surface area contributed by atoms with Crippen LogP contribution in [0.5, 0.6) is 0 Å². The largest absolute Gasteiger partial charge is 0.377 e. The Kier molecular flexibility index (Phi) is 8.46. The van der Waals surface area contributed by atoms with E-state index in [9.17, 15) is 4.79 Å². The van der Waals surface area contributed by atoms with Gasteiger partial charge in [0.1, 0.15) is 0 Å². The van der Waals surface area contributed by atoms with E-state index in [0.29, 0.717) is 32.4 Å². The summed E-state index contributed by atoms with van der Waals surface area (Å²) in [5.41, 5.74) is 7.80. The number of amides is 1. The molecule has 0 aliphatic heterocycles. The second-order valence-corrected chi connectivity index (χ2v) is 8.63. The lowest BCUT2D eigenvalue weighted by molar-refractivity contribution is -0.121. The Balaban J connectivity index is 1.85. The van der Waals surface area contributed by atoms with E-state index in [1.807, 2.05) is 38.1 Å². The van der Waals surface area contributed by atoms with Gasteiger partial charge < -0.3 is 14.6 Å². The summed E-state index contributed by atoms with van der Waals surface area (Å²) in [5.74, 6) is 0.0209. The second kappa shape index (κ2) is 11.5.